The molecule has 3 aromatic rings. The Morgan fingerprint density at radius 1 is 1.00 bits per heavy atom. The molecule has 9 nitrogen and oxygen atoms in total. The van der Waals surface area contributed by atoms with Crippen molar-refractivity contribution in [3.63, 3.8) is 0 Å². The fourth-order valence-electron chi connectivity index (χ4n) is 2.92. The molecule has 0 saturated heterocycles. The number of hydrogen-bond acceptors (Lipinski definition) is 8. The lowest BCUT2D eigenvalue weighted by molar-refractivity contribution is -0.383. The van der Waals surface area contributed by atoms with Crippen molar-refractivity contribution >= 4 is 40.3 Å². The molecular weight excluding hydrogens is 455 g/mol. The summed E-state index contributed by atoms with van der Waals surface area (Å²) in [5.74, 6) is 0.450. The summed E-state index contributed by atoms with van der Waals surface area (Å²) < 4.78 is 50.0. The van der Waals surface area contributed by atoms with Crippen LogP contribution in [-0.4, -0.2) is 28.1 Å². The van der Waals surface area contributed by atoms with Crippen molar-refractivity contribution in [2.24, 2.45) is 0 Å². The molecule has 0 unspecified atom stereocenters. The Morgan fingerprint density at radius 2 is 1.69 bits per heavy atom. The molecule has 0 fully saturated rings. The van der Waals surface area contributed by atoms with Gasteiger partial charge < -0.3 is 20.1 Å². The second-order valence-electron chi connectivity index (χ2n) is 6.48. The average molecular weight is 468 g/mol. The van der Waals surface area contributed by atoms with Gasteiger partial charge in [-0.3, -0.25) is 10.1 Å². The Kier molecular flexibility index (Phi) is 5.61. The van der Waals surface area contributed by atoms with Crippen molar-refractivity contribution in [3.8, 4) is 11.5 Å². The molecule has 0 amide bonds. The van der Waals surface area contributed by atoms with Crippen LogP contribution in [0.3, 0.4) is 0 Å². The zero-order chi connectivity index (χ0) is 22.9. The number of nitrogens with one attached hydrogen (secondary N) is 2. The SMILES string of the molecule is O=[N+]([O-])c1c(Nc2ccc3c(c2)OCCO3)ncnc1Nc1cc(C(F)(F)F)ccc1Cl. The molecule has 1 aliphatic heterocycles. The zero-order valence-electron chi connectivity index (χ0n) is 15.9. The van der Waals surface area contributed by atoms with Crippen molar-refractivity contribution in [1.29, 1.82) is 0 Å². The van der Waals surface area contributed by atoms with Gasteiger partial charge in [-0.15, -0.1) is 0 Å². The number of nitro groups is 1. The Labute approximate surface area is 183 Å². The summed E-state index contributed by atoms with van der Waals surface area (Å²) in [6.45, 7) is 0.764. The van der Waals surface area contributed by atoms with Crippen molar-refractivity contribution < 1.29 is 27.6 Å². The number of fused-ring (bicyclic) bond motifs is 1. The van der Waals surface area contributed by atoms with Gasteiger partial charge in [0.15, 0.2) is 11.5 Å². The summed E-state index contributed by atoms with van der Waals surface area (Å²) in [5, 5.41) is 17.0. The lowest BCUT2D eigenvalue weighted by atomic mass is 10.2. The van der Waals surface area contributed by atoms with Gasteiger partial charge in [-0.25, -0.2) is 9.97 Å². The molecule has 2 aromatic carbocycles. The fourth-order valence-corrected chi connectivity index (χ4v) is 3.08. The van der Waals surface area contributed by atoms with Gasteiger partial charge >= 0.3 is 11.9 Å². The molecule has 0 spiro atoms. The van der Waals surface area contributed by atoms with Gasteiger partial charge in [-0.1, -0.05) is 11.6 Å². The smallest absolute Gasteiger partial charge is 0.416 e. The quantitative estimate of drug-likeness (QED) is 0.383. The minimum atomic E-state index is -4.62. The van der Waals surface area contributed by atoms with Crippen LogP contribution < -0.4 is 20.1 Å². The van der Waals surface area contributed by atoms with Crippen molar-refractivity contribution in [2.45, 2.75) is 6.18 Å². The van der Waals surface area contributed by atoms with Crippen LogP contribution in [0.2, 0.25) is 5.02 Å². The zero-order valence-corrected chi connectivity index (χ0v) is 16.7. The highest BCUT2D eigenvalue weighted by atomic mass is 35.5. The minimum Gasteiger partial charge on any atom is -0.486 e. The summed E-state index contributed by atoms with van der Waals surface area (Å²) in [6, 6.07) is 7.39. The Morgan fingerprint density at radius 3 is 2.38 bits per heavy atom. The van der Waals surface area contributed by atoms with Crippen LogP contribution in [0.5, 0.6) is 11.5 Å². The fraction of sp³-hybridized carbons (Fsp3) is 0.158. The molecule has 2 heterocycles. The lowest BCUT2D eigenvalue weighted by Gasteiger charge is -2.19. The molecule has 0 aliphatic carbocycles. The number of hydrogen-bond donors (Lipinski definition) is 2. The van der Waals surface area contributed by atoms with Gasteiger partial charge in [0.05, 0.1) is 21.2 Å². The second-order valence-corrected chi connectivity index (χ2v) is 6.88. The number of nitrogens with zero attached hydrogens (tertiary/aromatic N) is 3. The van der Waals surface area contributed by atoms with Gasteiger partial charge in [0.2, 0.25) is 11.6 Å². The third-order valence-corrected chi connectivity index (χ3v) is 4.69. The molecule has 1 aliphatic rings. The van der Waals surface area contributed by atoms with Gasteiger partial charge in [-0.2, -0.15) is 13.2 Å². The van der Waals surface area contributed by atoms with Gasteiger partial charge in [0, 0.05) is 11.8 Å². The summed E-state index contributed by atoms with van der Waals surface area (Å²) in [7, 11) is 0. The maximum atomic E-state index is 13.0. The van der Waals surface area contributed by atoms with E-state index in [2.05, 4.69) is 20.6 Å². The molecule has 4 rings (SSSR count). The number of alkyl halides is 3. The standard InChI is InChI=1S/C19H13ClF3N5O4/c20-12-3-1-10(19(21,22)23)7-13(12)27-18-16(28(29)30)17(24-9-25-18)26-11-2-4-14-15(8-11)32-6-5-31-14/h1-4,7-9H,5-6H2,(H2,24,25,26,27). The first kappa shape index (κ1) is 21.4. The van der Waals surface area contributed by atoms with Gasteiger partial charge in [0.25, 0.3) is 0 Å². The lowest BCUT2D eigenvalue weighted by Crippen LogP contribution is -2.15. The highest BCUT2D eigenvalue weighted by Gasteiger charge is 2.31. The molecule has 0 radical (unpaired) electrons. The van der Waals surface area contributed by atoms with Crippen LogP contribution in [0.25, 0.3) is 0 Å². The topological polar surface area (TPSA) is 111 Å². The monoisotopic (exact) mass is 467 g/mol. The normalized spacial score (nSPS) is 12.9. The van der Waals surface area contributed by atoms with E-state index in [1.54, 1.807) is 18.2 Å². The first-order chi connectivity index (χ1) is 15.2. The van der Waals surface area contributed by atoms with E-state index in [0.717, 1.165) is 24.5 Å². The van der Waals surface area contributed by atoms with Crippen LogP contribution in [0, 0.1) is 10.1 Å². The van der Waals surface area contributed by atoms with E-state index in [-0.39, 0.29) is 22.3 Å². The van der Waals surface area contributed by atoms with E-state index in [1.165, 1.54) is 0 Å². The number of benzene rings is 2. The number of rotatable bonds is 5. The molecule has 1 aromatic heterocycles. The minimum absolute atomic E-state index is 0.0766. The largest absolute Gasteiger partial charge is 0.486 e. The van der Waals surface area contributed by atoms with Crippen LogP contribution in [0.4, 0.5) is 41.9 Å². The molecule has 0 atom stereocenters. The third-order valence-electron chi connectivity index (χ3n) is 4.36. The first-order valence-corrected chi connectivity index (χ1v) is 9.40. The first-order valence-electron chi connectivity index (χ1n) is 9.02. The van der Waals surface area contributed by atoms with Crippen molar-refractivity contribution in [1.82, 2.24) is 9.97 Å². The second kappa shape index (κ2) is 8.38. The number of aromatic nitrogens is 2. The van der Waals surface area contributed by atoms with Gasteiger partial charge in [0.1, 0.15) is 19.5 Å². The van der Waals surface area contributed by atoms with E-state index in [9.17, 15) is 23.3 Å². The maximum absolute atomic E-state index is 13.0. The summed E-state index contributed by atoms with van der Waals surface area (Å²) in [4.78, 5) is 18.7. The highest BCUT2D eigenvalue weighted by Crippen LogP contribution is 2.39. The molecule has 32 heavy (non-hydrogen) atoms. The van der Waals surface area contributed by atoms with E-state index >= 15 is 0 Å². The van der Waals surface area contributed by atoms with E-state index in [0.29, 0.717) is 30.4 Å². The Hall–Kier alpha value is -3.80. The Balaban J connectivity index is 1.68. The number of anilines is 4. The van der Waals surface area contributed by atoms with Gasteiger partial charge in [-0.05, 0) is 30.3 Å². The Bertz CT molecular complexity index is 1190. The molecule has 0 bridgehead atoms. The summed E-state index contributed by atoms with van der Waals surface area (Å²) >= 11 is 5.98. The molecular formula is C19H13ClF3N5O4. The molecule has 2 N–H and O–H groups in total. The van der Waals surface area contributed by atoms with Crippen molar-refractivity contribution in [3.05, 3.63) is 63.4 Å². The van der Waals surface area contributed by atoms with E-state index in [1.807, 2.05) is 0 Å². The molecule has 166 valence electrons. The van der Waals surface area contributed by atoms with Crippen molar-refractivity contribution in [2.75, 3.05) is 23.8 Å². The van der Waals surface area contributed by atoms with E-state index < -0.39 is 22.4 Å². The van der Waals surface area contributed by atoms with E-state index in [4.69, 9.17) is 21.1 Å². The molecule has 0 saturated carbocycles. The maximum Gasteiger partial charge on any atom is 0.416 e. The summed E-state index contributed by atoms with van der Waals surface area (Å²) in [5.41, 5.74) is -1.35. The third kappa shape index (κ3) is 4.44. The van der Waals surface area contributed by atoms with Crippen LogP contribution >= 0.6 is 11.6 Å². The van der Waals surface area contributed by atoms with Crippen LogP contribution in [0.15, 0.2) is 42.7 Å². The highest BCUT2D eigenvalue weighted by molar-refractivity contribution is 6.33. The van der Waals surface area contributed by atoms with Crippen LogP contribution in [0.1, 0.15) is 5.56 Å². The average Bonchev–Trinajstić information content (AvgIpc) is 2.74. The number of ether oxygens (including phenoxy) is 2. The molecule has 13 heteroatoms. The summed E-state index contributed by atoms with van der Waals surface area (Å²) in [6.07, 6.45) is -3.60. The van der Waals surface area contributed by atoms with Crippen LogP contribution in [-0.2, 0) is 6.18 Å². The predicted octanol–water partition coefficient (Wildman–Crippen LogP) is 5.32. The number of halogens is 4. The predicted molar refractivity (Wildman–Crippen MR) is 109 cm³/mol.